The van der Waals surface area contributed by atoms with Gasteiger partial charge in [0.2, 0.25) is 0 Å². The molecule has 0 radical (unpaired) electrons. The Kier molecular flexibility index (Phi) is 2.02. The molecule has 0 saturated carbocycles. The molecule has 9 heavy (non-hydrogen) atoms. The molecule has 1 heterocycles. The van der Waals surface area contributed by atoms with Crippen LogP contribution in [0.4, 0.5) is 0 Å². The first-order chi connectivity index (χ1) is 4.29. The second-order valence-corrected chi connectivity index (χ2v) is 1.83. The first-order valence-electron chi connectivity index (χ1n) is 2.88. The molecule has 0 amide bonds. The van der Waals surface area contributed by atoms with Crippen LogP contribution in [-0.2, 0) is 14.5 Å². The molecule has 52 valence electrons. The van der Waals surface area contributed by atoms with Crippen LogP contribution < -0.4 is 0 Å². The van der Waals surface area contributed by atoms with E-state index in [9.17, 15) is 4.79 Å². The van der Waals surface area contributed by atoms with E-state index in [4.69, 9.17) is 4.84 Å². The zero-order chi connectivity index (χ0) is 6.69. The normalized spacial score (nSPS) is 20.1. The summed E-state index contributed by atoms with van der Waals surface area (Å²) in [5.41, 5.74) is 0. The van der Waals surface area contributed by atoms with Gasteiger partial charge in [-0.15, -0.1) is 0 Å². The van der Waals surface area contributed by atoms with Crippen molar-refractivity contribution >= 4 is 5.97 Å². The van der Waals surface area contributed by atoms with E-state index in [1.54, 1.807) is 0 Å². The van der Waals surface area contributed by atoms with E-state index >= 15 is 0 Å². The van der Waals surface area contributed by atoms with Crippen LogP contribution in [0, 0.1) is 0 Å². The van der Waals surface area contributed by atoms with Crippen molar-refractivity contribution < 1.29 is 14.5 Å². The number of carbonyl (C=O) groups is 1. The SMILES string of the molecule is CC(=O)ON1CCCO1. The van der Waals surface area contributed by atoms with Gasteiger partial charge in [0.1, 0.15) is 0 Å². The van der Waals surface area contributed by atoms with Crippen molar-refractivity contribution in [3.8, 4) is 0 Å². The van der Waals surface area contributed by atoms with Crippen LogP contribution in [-0.4, -0.2) is 24.3 Å². The van der Waals surface area contributed by atoms with Gasteiger partial charge in [-0.1, -0.05) is 0 Å². The van der Waals surface area contributed by atoms with E-state index in [1.165, 1.54) is 12.2 Å². The predicted octanol–water partition coefficient (Wildman–Crippen LogP) is 0.102. The summed E-state index contributed by atoms with van der Waals surface area (Å²) in [5, 5.41) is 1.21. The summed E-state index contributed by atoms with van der Waals surface area (Å²) in [5.74, 6) is -0.336. The zero-order valence-corrected chi connectivity index (χ0v) is 5.29. The lowest BCUT2D eigenvalue weighted by atomic mass is 10.5. The van der Waals surface area contributed by atoms with Crippen LogP contribution in [0.25, 0.3) is 0 Å². The van der Waals surface area contributed by atoms with Crippen molar-refractivity contribution in [1.29, 1.82) is 0 Å². The molecular weight excluding hydrogens is 122 g/mol. The summed E-state index contributed by atoms with van der Waals surface area (Å²) in [6.45, 7) is 2.68. The van der Waals surface area contributed by atoms with Gasteiger partial charge in [0.25, 0.3) is 0 Å². The third-order valence-corrected chi connectivity index (χ3v) is 0.951. The topological polar surface area (TPSA) is 38.8 Å². The largest absolute Gasteiger partial charge is 0.343 e. The van der Waals surface area contributed by atoms with Crippen molar-refractivity contribution in [2.75, 3.05) is 13.2 Å². The first-order valence-corrected chi connectivity index (χ1v) is 2.88. The molecule has 1 aliphatic rings. The van der Waals surface area contributed by atoms with Crippen molar-refractivity contribution in [3.63, 3.8) is 0 Å². The highest BCUT2D eigenvalue weighted by molar-refractivity contribution is 5.65. The van der Waals surface area contributed by atoms with E-state index in [0.29, 0.717) is 13.2 Å². The van der Waals surface area contributed by atoms with Gasteiger partial charge >= 0.3 is 5.97 Å². The third-order valence-electron chi connectivity index (χ3n) is 0.951. The maximum atomic E-state index is 10.3. The molecule has 0 aromatic heterocycles. The molecule has 0 aromatic carbocycles. The summed E-state index contributed by atoms with van der Waals surface area (Å²) >= 11 is 0. The Labute approximate surface area is 53.2 Å². The number of hydrogen-bond acceptors (Lipinski definition) is 4. The maximum absolute atomic E-state index is 10.3. The van der Waals surface area contributed by atoms with E-state index < -0.39 is 0 Å². The standard InChI is InChI=1S/C5H9NO3/c1-5(7)9-6-3-2-4-8-6/h2-4H2,1H3. The van der Waals surface area contributed by atoms with Gasteiger partial charge in [0.15, 0.2) is 0 Å². The van der Waals surface area contributed by atoms with Crippen molar-refractivity contribution in [3.05, 3.63) is 0 Å². The smallest absolute Gasteiger partial charge is 0.325 e. The highest BCUT2D eigenvalue weighted by Crippen LogP contribution is 2.03. The Morgan fingerprint density at radius 1 is 1.78 bits per heavy atom. The average Bonchev–Trinajstić information content (AvgIpc) is 2.15. The highest BCUT2D eigenvalue weighted by atomic mass is 17.0. The molecule has 4 nitrogen and oxygen atoms in total. The molecule has 1 fully saturated rings. The molecular formula is C5H9NO3. The van der Waals surface area contributed by atoms with Crippen LogP contribution in [0.3, 0.4) is 0 Å². The summed E-state index contributed by atoms with van der Waals surface area (Å²) in [7, 11) is 0. The van der Waals surface area contributed by atoms with Crippen LogP contribution in [0.2, 0.25) is 0 Å². The number of rotatable bonds is 1. The van der Waals surface area contributed by atoms with Crippen LogP contribution in [0.15, 0.2) is 0 Å². The van der Waals surface area contributed by atoms with Gasteiger partial charge < -0.3 is 4.84 Å². The lowest BCUT2D eigenvalue weighted by Crippen LogP contribution is -2.20. The molecule has 0 bridgehead atoms. The lowest BCUT2D eigenvalue weighted by molar-refractivity contribution is -0.316. The van der Waals surface area contributed by atoms with E-state index in [-0.39, 0.29) is 5.97 Å². The zero-order valence-electron chi connectivity index (χ0n) is 5.29. The molecule has 0 spiro atoms. The lowest BCUT2D eigenvalue weighted by Gasteiger charge is -2.09. The minimum atomic E-state index is -0.336. The molecule has 1 aliphatic heterocycles. The van der Waals surface area contributed by atoms with Crippen molar-refractivity contribution in [2.45, 2.75) is 13.3 Å². The Morgan fingerprint density at radius 2 is 2.56 bits per heavy atom. The monoisotopic (exact) mass is 131 g/mol. The number of carbonyl (C=O) groups excluding carboxylic acids is 1. The van der Waals surface area contributed by atoms with Gasteiger partial charge in [0.05, 0.1) is 13.2 Å². The van der Waals surface area contributed by atoms with Gasteiger partial charge in [-0.3, -0.25) is 9.63 Å². The molecule has 0 aliphatic carbocycles. The van der Waals surface area contributed by atoms with Crippen molar-refractivity contribution in [2.24, 2.45) is 0 Å². The van der Waals surface area contributed by atoms with Gasteiger partial charge in [-0.25, -0.2) is 0 Å². The van der Waals surface area contributed by atoms with Gasteiger partial charge in [-0.2, -0.15) is 0 Å². The quantitative estimate of drug-likeness (QED) is 0.506. The number of nitrogens with zero attached hydrogens (tertiary/aromatic N) is 1. The Morgan fingerprint density at radius 3 is 3.00 bits per heavy atom. The van der Waals surface area contributed by atoms with Crippen molar-refractivity contribution in [1.82, 2.24) is 5.23 Å². The van der Waals surface area contributed by atoms with Gasteiger partial charge in [-0.05, 0) is 11.6 Å². The minimum absolute atomic E-state index is 0.336. The Balaban J connectivity index is 2.19. The van der Waals surface area contributed by atoms with Crippen LogP contribution in [0.5, 0.6) is 0 Å². The second kappa shape index (κ2) is 2.80. The summed E-state index contributed by atoms with van der Waals surface area (Å²) in [4.78, 5) is 19.7. The fourth-order valence-electron chi connectivity index (χ4n) is 0.640. The predicted molar refractivity (Wildman–Crippen MR) is 29.0 cm³/mol. The molecule has 0 N–H and O–H groups in total. The summed E-state index contributed by atoms with van der Waals surface area (Å²) in [6, 6.07) is 0. The Hall–Kier alpha value is -0.610. The molecule has 0 atom stereocenters. The van der Waals surface area contributed by atoms with Crippen LogP contribution >= 0.6 is 0 Å². The average molecular weight is 131 g/mol. The molecule has 0 aromatic rings. The number of hydrogen-bond donors (Lipinski definition) is 0. The molecule has 4 heteroatoms. The fraction of sp³-hybridized carbons (Fsp3) is 0.800. The Bertz CT molecular complexity index is 109. The number of hydroxylamine groups is 2. The molecule has 1 saturated heterocycles. The van der Waals surface area contributed by atoms with Crippen LogP contribution in [0.1, 0.15) is 13.3 Å². The van der Waals surface area contributed by atoms with E-state index in [2.05, 4.69) is 4.84 Å². The summed E-state index contributed by atoms with van der Waals surface area (Å²) < 4.78 is 0. The molecule has 1 rings (SSSR count). The maximum Gasteiger partial charge on any atom is 0.325 e. The first kappa shape index (κ1) is 6.51. The highest BCUT2D eigenvalue weighted by Gasteiger charge is 2.14. The fourth-order valence-corrected chi connectivity index (χ4v) is 0.640. The minimum Gasteiger partial charge on any atom is -0.343 e. The third kappa shape index (κ3) is 1.99. The van der Waals surface area contributed by atoms with E-state index in [0.717, 1.165) is 6.42 Å². The summed E-state index contributed by atoms with van der Waals surface area (Å²) in [6.07, 6.45) is 0.924. The van der Waals surface area contributed by atoms with E-state index in [1.807, 2.05) is 0 Å². The second-order valence-electron chi connectivity index (χ2n) is 1.83. The molecule has 0 unspecified atom stereocenters. The van der Waals surface area contributed by atoms with Gasteiger partial charge in [0, 0.05) is 6.92 Å².